The zero-order valence-corrected chi connectivity index (χ0v) is 17.2. The molecule has 0 spiro atoms. The molecule has 0 radical (unpaired) electrons. The lowest BCUT2D eigenvalue weighted by Gasteiger charge is -2.16. The second-order valence-electron chi connectivity index (χ2n) is 7.73. The van der Waals surface area contributed by atoms with E-state index in [2.05, 4.69) is 25.8 Å². The number of hydrogen-bond donors (Lipinski definition) is 3. The van der Waals surface area contributed by atoms with E-state index in [-0.39, 0.29) is 36.5 Å². The van der Waals surface area contributed by atoms with Gasteiger partial charge in [0.2, 0.25) is 5.91 Å². The maximum atomic E-state index is 12.2. The Kier molecular flexibility index (Phi) is 6.85. The Morgan fingerprint density at radius 2 is 2.17 bits per heavy atom. The fourth-order valence-electron chi connectivity index (χ4n) is 3.40. The second-order valence-corrected chi connectivity index (χ2v) is 7.73. The lowest BCUT2D eigenvalue weighted by atomic mass is 10.0. The molecule has 8 nitrogen and oxygen atoms in total. The highest BCUT2D eigenvalue weighted by Crippen LogP contribution is 2.35. The summed E-state index contributed by atoms with van der Waals surface area (Å²) >= 11 is 0. The Morgan fingerprint density at radius 1 is 1.34 bits per heavy atom. The number of rotatable bonds is 7. The summed E-state index contributed by atoms with van der Waals surface area (Å²) in [6.45, 7) is 5.88. The quantitative estimate of drug-likeness (QED) is 0.661. The molecule has 0 aliphatic heterocycles. The predicted molar refractivity (Wildman–Crippen MR) is 110 cm³/mol. The molecule has 1 aliphatic rings. The summed E-state index contributed by atoms with van der Waals surface area (Å²) in [6.07, 6.45) is 4.85. The predicted octanol–water partition coefficient (Wildman–Crippen LogP) is 3.46. The van der Waals surface area contributed by atoms with Gasteiger partial charge in [-0.3, -0.25) is 14.9 Å². The van der Waals surface area contributed by atoms with Gasteiger partial charge in [0.25, 0.3) is 0 Å². The van der Waals surface area contributed by atoms with Crippen LogP contribution in [0.5, 0.6) is 0 Å². The largest absolute Gasteiger partial charge is 0.446 e. The number of amides is 2. The van der Waals surface area contributed by atoms with E-state index < -0.39 is 0 Å². The summed E-state index contributed by atoms with van der Waals surface area (Å²) in [5.41, 5.74) is 2.73. The molecule has 156 valence electrons. The summed E-state index contributed by atoms with van der Waals surface area (Å²) in [5, 5.41) is 12.8. The zero-order chi connectivity index (χ0) is 20.8. The van der Waals surface area contributed by atoms with Gasteiger partial charge in [0, 0.05) is 35.6 Å². The standard InChI is InChI=1S/C21H29N5O3/c1-4-13(2)23-21(28)29-17-8-7-16(10-17)18-11-19(26-25-18)24-20(27)9-15-6-5-14(3)22-12-15/h5-6,11-13,16-17H,4,7-10H2,1-3H3,(H,23,28)(H2,24,25,26,27)/t13-,16-,17+/m0/s1. The molecular formula is C21H29N5O3. The summed E-state index contributed by atoms with van der Waals surface area (Å²) < 4.78 is 5.52. The number of anilines is 1. The van der Waals surface area contributed by atoms with Crippen LogP contribution in [0.1, 0.15) is 62.4 Å². The monoisotopic (exact) mass is 399 g/mol. The van der Waals surface area contributed by atoms with Crippen molar-refractivity contribution in [3.8, 4) is 0 Å². The molecule has 3 rings (SSSR count). The van der Waals surface area contributed by atoms with Crippen molar-refractivity contribution in [2.75, 3.05) is 5.32 Å². The normalized spacial score (nSPS) is 19.6. The van der Waals surface area contributed by atoms with Crippen LogP contribution in [0.2, 0.25) is 0 Å². The highest BCUT2D eigenvalue weighted by atomic mass is 16.6. The van der Waals surface area contributed by atoms with Gasteiger partial charge in [-0.05, 0) is 51.2 Å². The number of aromatic amines is 1. The van der Waals surface area contributed by atoms with E-state index in [1.54, 1.807) is 6.20 Å². The van der Waals surface area contributed by atoms with Crippen LogP contribution in [-0.2, 0) is 16.0 Å². The van der Waals surface area contributed by atoms with Crippen LogP contribution in [0.15, 0.2) is 24.4 Å². The topological polar surface area (TPSA) is 109 Å². The summed E-state index contributed by atoms with van der Waals surface area (Å²) in [4.78, 5) is 28.3. The van der Waals surface area contributed by atoms with Gasteiger partial charge in [0.05, 0.1) is 6.42 Å². The fourth-order valence-corrected chi connectivity index (χ4v) is 3.40. The minimum atomic E-state index is -0.354. The van der Waals surface area contributed by atoms with E-state index in [1.165, 1.54) is 0 Å². The summed E-state index contributed by atoms with van der Waals surface area (Å²) in [5.74, 6) is 0.600. The average Bonchev–Trinajstić information content (AvgIpc) is 3.32. The molecule has 3 N–H and O–H groups in total. The van der Waals surface area contributed by atoms with E-state index in [0.29, 0.717) is 5.82 Å². The van der Waals surface area contributed by atoms with Crippen molar-refractivity contribution in [2.45, 2.75) is 70.9 Å². The number of carbonyl (C=O) groups excluding carboxylic acids is 2. The van der Waals surface area contributed by atoms with E-state index >= 15 is 0 Å². The number of H-pyrrole nitrogens is 1. The molecule has 29 heavy (non-hydrogen) atoms. The molecule has 2 amide bonds. The molecular weight excluding hydrogens is 370 g/mol. The van der Waals surface area contributed by atoms with Crippen LogP contribution in [0, 0.1) is 6.92 Å². The third kappa shape index (κ3) is 6.04. The average molecular weight is 399 g/mol. The number of alkyl carbamates (subject to hydrolysis) is 1. The number of nitrogens with zero attached hydrogens (tertiary/aromatic N) is 2. The molecule has 2 heterocycles. The SMILES string of the molecule is CC[C@H](C)NC(=O)O[C@@H]1CC[C@H](c2cc(NC(=O)Cc3ccc(C)nc3)n[nH]2)C1. The Morgan fingerprint density at radius 3 is 2.90 bits per heavy atom. The number of hydrogen-bond acceptors (Lipinski definition) is 5. The fraction of sp³-hybridized carbons (Fsp3) is 0.524. The van der Waals surface area contributed by atoms with Gasteiger partial charge >= 0.3 is 6.09 Å². The minimum Gasteiger partial charge on any atom is -0.446 e. The Bertz CT molecular complexity index is 833. The Hall–Kier alpha value is -2.90. The first kappa shape index (κ1) is 20.8. The van der Waals surface area contributed by atoms with Crippen molar-refractivity contribution in [3.63, 3.8) is 0 Å². The van der Waals surface area contributed by atoms with Crippen molar-refractivity contribution in [1.82, 2.24) is 20.5 Å². The third-order valence-corrected chi connectivity index (χ3v) is 5.28. The maximum Gasteiger partial charge on any atom is 0.407 e. The minimum absolute atomic E-state index is 0.0977. The van der Waals surface area contributed by atoms with Gasteiger partial charge in [-0.15, -0.1) is 0 Å². The van der Waals surface area contributed by atoms with Crippen molar-refractivity contribution in [3.05, 3.63) is 41.3 Å². The van der Waals surface area contributed by atoms with Crippen LogP contribution >= 0.6 is 0 Å². The van der Waals surface area contributed by atoms with Gasteiger partial charge in [-0.1, -0.05) is 13.0 Å². The molecule has 1 aliphatic carbocycles. The van der Waals surface area contributed by atoms with Crippen LogP contribution in [-0.4, -0.2) is 39.3 Å². The first-order valence-corrected chi connectivity index (χ1v) is 10.2. The molecule has 0 aromatic carbocycles. The van der Waals surface area contributed by atoms with Crippen molar-refractivity contribution in [2.24, 2.45) is 0 Å². The van der Waals surface area contributed by atoms with Crippen LogP contribution in [0.3, 0.4) is 0 Å². The zero-order valence-electron chi connectivity index (χ0n) is 17.2. The van der Waals surface area contributed by atoms with Gasteiger partial charge in [0.15, 0.2) is 5.82 Å². The molecule has 3 atom stereocenters. The third-order valence-electron chi connectivity index (χ3n) is 5.28. The molecule has 2 aromatic rings. The first-order valence-electron chi connectivity index (χ1n) is 10.2. The first-order chi connectivity index (χ1) is 13.9. The van der Waals surface area contributed by atoms with Crippen LogP contribution in [0.25, 0.3) is 0 Å². The van der Waals surface area contributed by atoms with E-state index in [0.717, 1.165) is 42.6 Å². The lowest BCUT2D eigenvalue weighted by Crippen LogP contribution is -2.34. The molecule has 1 fully saturated rings. The van der Waals surface area contributed by atoms with Crippen LogP contribution < -0.4 is 10.6 Å². The highest BCUT2D eigenvalue weighted by molar-refractivity contribution is 5.91. The number of aromatic nitrogens is 3. The molecule has 8 heteroatoms. The number of carbonyl (C=O) groups is 2. The van der Waals surface area contributed by atoms with Gasteiger partial charge in [-0.2, -0.15) is 5.10 Å². The smallest absolute Gasteiger partial charge is 0.407 e. The van der Waals surface area contributed by atoms with E-state index in [9.17, 15) is 9.59 Å². The van der Waals surface area contributed by atoms with E-state index in [1.807, 2.05) is 39.0 Å². The highest BCUT2D eigenvalue weighted by Gasteiger charge is 2.30. The molecule has 0 saturated heterocycles. The van der Waals surface area contributed by atoms with Gasteiger partial charge < -0.3 is 15.4 Å². The van der Waals surface area contributed by atoms with E-state index in [4.69, 9.17) is 4.74 Å². The van der Waals surface area contributed by atoms with Crippen molar-refractivity contribution in [1.29, 1.82) is 0 Å². The molecule has 1 saturated carbocycles. The van der Waals surface area contributed by atoms with Crippen molar-refractivity contribution < 1.29 is 14.3 Å². The Labute approximate surface area is 170 Å². The lowest BCUT2D eigenvalue weighted by molar-refractivity contribution is -0.115. The summed E-state index contributed by atoms with van der Waals surface area (Å²) in [6, 6.07) is 5.75. The molecule has 0 unspecified atom stereocenters. The van der Waals surface area contributed by atoms with Gasteiger partial charge in [-0.25, -0.2) is 4.79 Å². The van der Waals surface area contributed by atoms with Crippen molar-refractivity contribution >= 4 is 17.8 Å². The summed E-state index contributed by atoms with van der Waals surface area (Å²) in [7, 11) is 0. The number of ether oxygens (including phenoxy) is 1. The number of pyridine rings is 1. The van der Waals surface area contributed by atoms with Gasteiger partial charge in [0.1, 0.15) is 6.10 Å². The number of aryl methyl sites for hydroxylation is 1. The molecule has 0 bridgehead atoms. The van der Waals surface area contributed by atoms with Crippen LogP contribution in [0.4, 0.5) is 10.6 Å². The maximum absolute atomic E-state index is 12.2. The molecule has 2 aromatic heterocycles. The second kappa shape index (κ2) is 9.54. The number of nitrogens with one attached hydrogen (secondary N) is 3. The Balaban J connectivity index is 1.48.